The van der Waals surface area contributed by atoms with Crippen LogP contribution >= 0.6 is 11.8 Å². The summed E-state index contributed by atoms with van der Waals surface area (Å²) in [7, 11) is 0. The smallest absolute Gasteiger partial charge is 0.164 e. The minimum Gasteiger partial charge on any atom is -0.295 e. The number of aromatic nitrogens is 5. The zero-order valence-electron chi connectivity index (χ0n) is 35.5. The molecule has 6 heteroatoms. The summed E-state index contributed by atoms with van der Waals surface area (Å²) in [6, 6.07) is 80.7. The number of fused-ring (bicyclic) bond motifs is 10. The Morgan fingerprint density at radius 3 is 1.70 bits per heavy atom. The highest BCUT2D eigenvalue weighted by molar-refractivity contribution is 7.99. The second-order valence-corrected chi connectivity index (χ2v) is 18.2. The standard InChI is InChI=1S/C60H37N5S/c1-4-18-38(19-5-1)56-61-57(39-20-16-23-42(36-39)60(41-21-6-2-7-22-41)48-30-13-10-26-44(48)45-27-11-14-31-49(45)60)63-58(62-56)40-34-35-51-53(37-40)66-52-33-17-29-47-54-46-28-12-15-32-50(46)64(43-24-8-3-9-25-43)59(54)65(51)55(47)52/h1-37H. The molecule has 308 valence electrons. The van der Waals surface area contributed by atoms with Crippen molar-refractivity contribution in [2.45, 2.75) is 15.2 Å². The van der Waals surface area contributed by atoms with E-state index in [9.17, 15) is 0 Å². The second kappa shape index (κ2) is 14.3. The Hall–Kier alpha value is -8.32. The molecule has 1 aliphatic heterocycles. The molecule has 2 aliphatic rings. The quantitative estimate of drug-likeness (QED) is 0.167. The Morgan fingerprint density at radius 2 is 0.955 bits per heavy atom. The molecule has 12 aromatic rings. The molecular weight excluding hydrogens is 823 g/mol. The van der Waals surface area contributed by atoms with Crippen LogP contribution in [-0.2, 0) is 5.41 Å². The van der Waals surface area contributed by atoms with Crippen LogP contribution in [0.2, 0.25) is 0 Å². The number of benzene rings is 9. The lowest BCUT2D eigenvalue weighted by Crippen LogP contribution is -2.28. The molecule has 5 nitrogen and oxygen atoms in total. The summed E-state index contributed by atoms with van der Waals surface area (Å²) in [5.41, 5.74) is 15.5. The predicted molar refractivity (Wildman–Crippen MR) is 269 cm³/mol. The molecule has 0 bridgehead atoms. The van der Waals surface area contributed by atoms with Crippen LogP contribution in [0.4, 0.5) is 0 Å². The van der Waals surface area contributed by atoms with Crippen molar-refractivity contribution in [2.24, 2.45) is 0 Å². The first-order valence-electron chi connectivity index (χ1n) is 22.4. The van der Waals surface area contributed by atoms with Crippen molar-refractivity contribution in [3.05, 3.63) is 247 Å². The van der Waals surface area contributed by atoms with Crippen LogP contribution in [0.5, 0.6) is 0 Å². The van der Waals surface area contributed by atoms with E-state index in [1.54, 1.807) is 0 Å². The third kappa shape index (κ3) is 5.27. The topological polar surface area (TPSA) is 48.5 Å². The molecule has 0 spiro atoms. The van der Waals surface area contributed by atoms with Crippen molar-refractivity contribution in [1.82, 2.24) is 24.1 Å². The van der Waals surface area contributed by atoms with Gasteiger partial charge in [-0.15, -0.1) is 0 Å². The molecule has 0 amide bonds. The van der Waals surface area contributed by atoms with E-state index in [2.05, 4.69) is 215 Å². The lowest BCUT2D eigenvalue weighted by Gasteiger charge is -2.34. The van der Waals surface area contributed by atoms with Crippen LogP contribution in [0.25, 0.3) is 89.5 Å². The monoisotopic (exact) mass is 859 g/mol. The van der Waals surface area contributed by atoms with Crippen LogP contribution in [0.3, 0.4) is 0 Å². The van der Waals surface area contributed by atoms with Gasteiger partial charge in [-0.05, 0) is 81.9 Å². The number of rotatable bonds is 6. The zero-order valence-corrected chi connectivity index (χ0v) is 36.3. The van der Waals surface area contributed by atoms with Crippen molar-refractivity contribution in [2.75, 3.05) is 0 Å². The minimum atomic E-state index is -0.546. The highest BCUT2D eigenvalue weighted by atomic mass is 32.2. The largest absolute Gasteiger partial charge is 0.295 e. The summed E-state index contributed by atoms with van der Waals surface area (Å²) in [5.74, 6) is 1.88. The summed E-state index contributed by atoms with van der Waals surface area (Å²) < 4.78 is 4.90. The molecular formula is C60H37N5S. The van der Waals surface area contributed by atoms with Gasteiger partial charge in [0.05, 0.1) is 22.1 Å². The molecule has 0 N–H and O–H groups in total. The fourth-order valence-electron chi connectivity index (χ4n) is 10.9. The average molecular weight is 860 g/mol. The first-order chi connectivity index (χ1) is 32.7. The molecule has 1 aliphatic carbocycles. The number of hydrogen-bond donors (Lipinski definition) is 0. The summed E-state index contributed by atoms with van der Waals surface area (Å²) in [6.45, 7) is 0. The third-order valence-corrected chi connectivity index (χ3v) is 14.7. The van der Waals surface area contributed by atoms with Gasteiger partial charge >= 0.3 is 0 Å². The second-order valence-electron chi connectivity index (χ2n) is 17.1. The van der Waals surface area contributed by atoms with Gasteiger partial charge in [0.25, 0.3) is 0 Å². The van der Waals surface area contributed by atoms with Crippen LogP contribution in [0.1, 0.15) is 22.3 Å². The first-order valence-corrected chi connectivity index (χ1v) is 23.2. The lowest BCUT2D eigenvalue weighted by atomic mass is 9.67. The molecule has 4 heterocycles. The Kier molecular flexibility index (Phi) is 8.06. The van der Waals surface area contributed by atoms with Gasteiger partial charge in [-0.2, -0.15) is 0 Å². The van der Waals surface area contributed by atoms with Crippen LogP contribution in [0, 0.1) is 0 Å². The molecule has 0 atom stereocenters. The minimum absolute atomic E-state index is 0.546. The normalized spacial score (nSPS) is 13.2. The molecule has 0 radical (unpaired) electrons. The summed E-state index contributed by atoms with van der Waals surface area (Å²) >= 11 is 1.81. The maximum absolute atomic E-state index is 5.36. The lowest BCUT2D eigenvalue weighted by molar-refractivity contribution is 0.768. The summed E-state index contributed by atoms with van der Waals surface area (Å²) in [4.78, 5) is 18.2. The number of para-hydroxylation sites is 3. The van der Waals surface area contributed by atoms with Gasteiger partial charge < -0.3 is 0 Å². The van der Waals surface area contributed by atoms with E-state index in [0.717, 1.165) is 44.2 Å². The average Bonchev–Trinajstić information content (AvgIpc) is 4.02. The molecule has 3 aromatic heterocycles. The van der Waals surface area contributed by atoms with E-state index in [0.29, 0.717) is 17.5 Å². The van der Waals surface area contributed by atoms with Gasteiger partial charge in [-0.3, -0.25) is 9.13 Å². The van der Waals surface area contributed by atoms with Crippen molar-refractivity contribution in [1.29, 1.82) is 0 Å². The van der Waals surface area contributed by atoms with E-state index >= 15 is 0 Å². The first kappa shape index (κ1) is 37.1. The Bertz CT molecular complexity index is 3860. The van der Waals surface area contributed by atoms with Gasteiger partial charge in [0.15, 0.2) is 17.5 Å². The van der Waals surface area contributed by atoms with E-state index in [4.69, 9.17) is 15.0 Å². The van der Waals surface area contributed by atoms with Crippen molar-refractivity contribution < 1.29 is 0 Å². The van der Waals surface area contributed by atoms with Gasteiger partial charge in [0.2, 0.25) is 0 Å². The maximum Gasteiger partial charge on any atom is 0.164 e. The Balaban J connectivity index is 0.965. The molecule has 66 heavy (non-hydrogen) atoms. The van der Waals surface area contributed by atoms with Gasteiger partial charge in [-0.25, -0.2) is 15.0 Å². The van der Waals surface area contributed by atoms with Gasteiger partial charge in [0.1, 0.15) is 5.65 Å². The van der Waals surface area contributed by atoms with Gasteiger partial charge in [0, 0.05) is 48.3 Å². The molecule has 0 saturated carbocycles. The van der Waals surface area contributed by atoms with Crippen LogP contribution < -0.4 is 0 Å². The van der Waals surface area contributed by atoms with E-state index < -0.39 is 5.41 Å². The van der Waals surface area contributed by atoms with E-state index in [1.807, 2.05) is 30.0 Å². The van der Waals surface area contributed by atoms with Crippen molar-refractivity contribution in [3.8, 4) is 56.7 Å². The van der Waals surface area contributed by atoms with Gasteiger partial charge in [-0.1, -0.05) is 188 Å². The number of nitrogens with zero attached hydrogens (tertiary/aromatic N) is 5. The van der Waals surface area contributed by atoms with Crippen molar-refractivity contribution >= 4 is 44.6 Å². The Labute approximate surface area is 385 Å². The number of hydrogen-bond acceptors (Lipinski definition) is 4. The summed E-state index contributed by atoms with van der Waals surface area (Å²) in [6.07, 6.45) is 0. The predicted octanol–water partition coefficient (Wildman–Crippen LogP) is 14.7. The molecule has 9 aromatic carbocycles. The molecule has 0 unspecified atom stereocenters. The highest BCUT2D eigenvalue weighted by Gasteiger charge is 2.46. The Morgan fingerprint density at radius 1 is 0.394 bits per heavy atom. The molecule has 0 fully saturated rings. The fourth-order valence-corrected chi connectivity index (χ4v) is 12.0. The van der Waals surface area contributed by atoms with E-state index in [1.165, 1.54) is 59.9 Å². The van der Waals surface area contributed by atoms with Crippen molar-refractivity contribution in [3.63, 3.8) is 0 Å². The molecule has 0 saturated heterocycles. The third-order valence-electron chi connectivity index (χ3n) is 13.6. The molecule has 14 rings (SSSR count). The van der Waals surface area contributed by atoms with E-state index in [-0.39, 0.29) is 0 Å². The van der Waals surface area contributed by atoms with Crippen LogP contribution in [0.15, 0.2) is 234 Å². The fraction of sp³-hybridized carbons (Fsp3) is 0.0167. The SMILES string of the molecule is c1ccc(-c2nc(-c3cccc(C4(c5ccccc5)c5ccccc5-c5ccccc54)c3)nc(-c3ccc4c(c3)Sc3cccc5c6c7ccccc7n(-c7ccccc7)c6n-4c35)n2)cc1. The highest BCUT2D eigenvalue weighted by Crippen LogP contribution is 2.56. The van der Waals surface area contributed by atoms with Crippen LogP contribution in [-0.4, -0.2) is 24.1 Å². The maximum atomic E-state index is 5.36. The zero-order chi connectivity index (χ0) is 43.3. The summed E-state index contributed by atoms with van der Waals surface area (Å²) in [5, 5.41) is 3.76.